The second kappa shape index (κ2) is 16.2. The van der Waals surface area contributed by atoms with Gasteiger partial charge in [-0.1, -0.05) is 138 Å². The zero-order valence-corrected chi connectivity index (χ0v) is 38.6. The molecule has 1 aliphatic heterocycles. The first-order chi connectivity index (χ1) is 29.9. The summed E-state index contributed by atoms with van der Waals surface area (Å²) >= 11 is 0. The predicted octanol–water partition coefficient (Wildman–Crippen LogP) is 13.1. The second-order valence-electron chi connectivity index (χ2n) is 17.9. The smallest absolute Gasteiger partial charge is 0.162 e. The van der Waals surface area contributed by atoms with Crippen LogP contribution < -0.4 is 14.5 Å². The molecule has 8 nitrogen and oxygen atoms in total. The number of para-hydroxylation sites is 2. The van der Waals surface area contributed by atoms with E-state index < -0.39 is 0 Å². The Kier molecular flexibility index (Phi) is 10.8. The van der Waals surface area contributed by atoms with Crippen LogP contribution in [-0.2, 0) is 31.9 Å². The van der Waals surface area contributed by atoms with Gasteiger partial charge in [0.05, 0.1) is 0 Å². The Balaban J connectivity index is 0.00000504. The summed E-state index contributed by atoms with van der Waals surface area (Å²) in [6, 6.07) is 55.0. The average molecular weight is 1000 g/mol. The van der Waals surface area contributed by atoms with Gasteiger partial charge in [0.25, 0.3) is 0 Å². The molecule has 0 amide bonds. The van der Waals surface area contributed by atoms with Crippen LogP contribution in [-0.4, -0.2) is 31.6 Å². The van der Waals surface area contributed by atoms with E-state index in [-0.39, 0.29) is 31.9 Å². The summed E-state index contributed by atoms with van der Waals surface area (Å²) in [6.45, 7) is 15.5. The van der Waals surface area contributed by atoms with Crippen LogP contribution in [0.25, 0.3) is 61.8 Å². The number of benzene rings is 6. The van der Waals surface area contributed by atoms with Gasteiger partial charge in [-0.2, -0.15) is 6.67 Å². The van der Waals surface area contributed by atoms with Crippen molar-refractivity contribution in [2.24, 2.45) is 0 Å². The summed E-state index contributed by atoms with van der Waals surface area (Å²) in [5.41, 5.74) is 9.33. The molecule has 0 aliphatic carbocycles. The van der Waals surface area contributed by atoms with Gasteiger partial charge in [-0.15, -0.1) is 47.0 Å². The minimum atomic E-state index is -0.205. The van der Waals surface area contributed by atoms with Crippen LogP contribution in [0.2, 0.25) is 0 Å². The maximum Gasteiger partial charge on any atom is 0.162 e. The summed E-state index contributed by atoms with van der Waals surface area (Å²) in [7, 11) is 2.06. The third-order valence-electron chi connectivity index (χ3n) is 11.4. The van der Waals surface area contributed by atoms with Crippen molar-refractivity contribution < 1.29 is 25.8 Å². The van der Waals surface area contributed by atoms with Crippen molar-refractivity contribution in [2.75, 3.05) is 16.8 Å². The molecule has 0 N–H and O–H groups in total. The quantitative estimate of drug-likeness (QED) is 0.147. The van der Waals surface area contributed by atoms with E-state index in [1.807, 2.05) is 85.1 Å². The van der Waals surface area contributed by atoms with Crippen LogP contribution in [0.4, 0.5) is 17.1 Å². The van der Waals surface area contributed by atoms with Crippen molar-refractivity contribution in [1.82, 2.24) is 24.5 Å². The summed E-state index contributed by atoms with van der Waals surface area (Å²) in [5, 5.41) is 2.04. The van der Waals surface area contributed by atoms with Crippen molar-refractivity contribution in [3.05, 3.63) is 176 Å². The van der Waals surface area contributed by atoms with Crippen molar-refractivity contribution in [2.45, 2.75) is 52.4 Å². The Morgan fingerprint density at radius 3 is 1.84 bits per heavy atom. The Hall–Kier alpha value is -6.63. The standard InChI is InChI=1S/C54H46N7O.Pt/c1-53(2,3)37-25-26-44-41(30-37)42-32-43(52-57-50(35-18-10-8-11-19-35)56-51(58-52)36-20-12-9-13-21-36)48(33-47(42)61(44)49-24-16-17-27-55-49)62-40-29-38(54(4,5)6)28-39(31-40)60-34-59(7)45-22-14-15-23-46(45)60;/h8-30,32,34H,1-7H3;/q-3;. The molecule has 0 atom stereocenters. The van der Waals surface area contributed by atoms with Crippen LogP contribution in [0.1, 0.15) is 52.7 Å². The molecule has 0 spiro atoms. The first-order valence-electron chi connectivity index (χ1n) is 20.9. The molecular weight excluding hydrogens is 958 g/mol. The van der Waals surface area contributed by atoms with Crippen molar-refractivity contribution >= 4 is 38.9 Å². The Morgan fingerprint density at radius 2 is 1.21 bits per heavy atom. The third-order valence-corrected chi connectivity index (χ3v) is 11.4. The normalized spacial score (nSPS) is 12.7. The van der Waals surface area contributed by atoms with E-state index in [0.29, 0.717) is 34.5 Å². The fraction of sp³-hybridized carbons (Fsp3) is 0.167. The van der Waals surface area contributed by atoms with Crippen molar-refractivity contribution in [1.29, 1.82) is 0 Å². The SMILES string of the molecule is CN1[CH-]N(c2[c-]c(Oc3[c-]c4c(cc3-c3nc(-c5ccccc5)nc(-c5ccccc5)n3)c3cc(C(C)(C)C)ccc3n4-c3ccccn3)cc(C(C)(C)C)c2)c2ccccc21.[Pt]. The van der Waals surface area contributed by atoms with Gasteiger partial charge in [-0.05, 0) is 64.7 Å². The molecule has 9 aromatic rings. The number of rotatable bonds is 7. The Bertz CT molecular complexity index is 3060. The number of ether oxygens (including phenoxy) is 1. The van der Waals surface area contributed by atoms with E-state index in [1.165, 1.54) is 5.56 Å². The first kappa shape index (κ1) is 41.7. The van der Waals surface area contributed by atoms with Crippen LogP contribution >= 0.6 is 0 Å². The maximum absolute atomic E-state index is 7.18. The molecule has 316 valence electrons. The number of hydrogen-bond acceptors (Lipinski definition) is 7. The van der Waals surface area contributed by atoms with E-state index in [4.69, 9.17) is 24.7 Å². The van der Waals surface area contributed by atoms with Crippen molar-refractivity contribution in [3.63, 3.8) is 0 Å². The van der Waals surface area contributed by atoms with Crippen molar-refractivity contribution in [3.8, 4) is 51.5 Å². The minimum absolute atomic E-state index is 0. The number of fused-ring (bicyclic) bond motifs is 4. The molecule has 3 aromatic heterocycles. The topological polar surface area (TPSA) is 72.2 Å². The molecule has 0 saturated carbocycles. The zero-order valence-electron chi connectivity index (χ0n) is 36.3. The fourth-order valence-corrected chi connectivity index (χ4v) is 8.05. The van der Waals surface area contributed by atoms with E-state index in [9.17, 15) is 0 Å². The monoisotopic (exact) mass is 1000 g/mol. The molecule has 4 heterocycles. The maximum atomic E-state index is 7.18. The van der Waals surface area contributed by atoms with Gasteiger partial charge in [0.15, 0.2) is 11.6 Å². The van der Waals surface area contributed by atoms with E-state index in [1.54, 1.807) is 0 Å². The Morgan fingerprint density at radius 1 is 0.587 bits per heavy atom. The Labute approximate surface area is 383 Å². The average Bonchev–Trinajstić information content (AvgIpc) is 3.79. The molecule has 10 rings (SSSR count). The molecule has 0 radical (unpaired) electrons. The number of anilines is 3. The summed E-state index contributed by atoms with van der Waals surface area (Å²) in [5.74, 6) is 3.35. The molecule has 1 aliphatic rings. The summed E-state index contributed by atoms with van der Waals surface area (Å²) < 4.78 is 9.34. The molecule has 0 fully saturated rings. The van der Waals surface area contributed by atoms with Crippen LogP contribution in [0.15, 0.2) is 146 Å². The van der Waals surface area contributed by atoms with Crippen LogP contribution in [0.3, 0.4) is 0 Å². The second-order valence-corrected chi connectivity index (χ2v) is 17.9. The van der Waals surface area contributed by atoms with E-state index in [0.717, 1.165) is 61.4 Å². The van der Waals surface area contributed by atoms with Gasteiger partial charge >= 0.3 is 0 Å². The molecule has 6 aromatic carbocycles. The minimum Gasteiger partial charge on any atom is -0.508 e. The van der Waals surface area contributed by atoms with Gasteiger partial charge in [0.2, 0.25) is 0 Å². The molecule has 0 bridgehead atoms. The van der Waals surface area contributed by atoms with E-state index >= 15 is 0 Å². The van der Waals surface area contributed by atoms with Gasteiger partial charge in [0.1, 0.15) is 11.6 Å². The number of hydrogen-bond donors (Lipinski definition) is 0. The molecule has 9 heteroatoms. The number of aromatic nitrogens is 5. The van der Waals surface area contributed by atoms with Crippen LogP contribution in [0.5, 0.6) is 11.5 Å². The van der Waals surface area contributed by atoms with Gasteiger partial charge in [-0.25, -0.2) is 19.9 Å². The third kappa shape index (κ3) is 7.89. The largest absolute Gasteiger partial charge is 0.508 e. The first-order valence-corrected chi connectivity index (χ1v) is 20.9. The van der Waals surface area contributed by atoms with Gasteiger partial charge in [0, 0.05) is 66.8 Å². The van der Waals surface area contributed by atoms with E-state index in [2.05, 4.69) is 142 Å². The zero-order chi connectivity index (χ0) is 42.8. The summed E-state index contributed by atoms with van der Waals surface area (Å²) in [6.07, 6.45) is 1.82. The van der Waals surface area contributed by atoms with Gasteiger partial charge < -0.3 is 19.1 Å². The molecule has 63 heavy (non-hydrogen) atoms. The predicted molar refractivity (Wildman–Crippen MR) is 251 cm³/mol. The van der Waals surface area contributed by atoms with Gasteiger partial charge in [-0.3, -0.25) is 0 Å². The fourth-order valence-electron chi connectivity index (χ4n) is 8.05. The summed E-state index contributed by atoms with van der Waals surface area (Å²) in [4.78, 5) is 24.6. The molecular formula is C54H46N7OPt-3. The number of nitrogens with zero attached hydrogens (tertiary/aromatic N) is 7. The number of pyridine rings is 1. The molecule has 0 saturated heterocycles. The van der Waals surface area contributed by atoms with Crippen LogP contribution in [0, 0.1) is 18.8 Å². The molecule has 0 unspecified atom stereocenters.